The number of carbonyl (C=O) groups excluding carboxylic acids is 3. The second-order valence-electron chi connectivity index (χ2n) is 12.8. The van der Waals surface area contributed by atoms with E-state index in [2.05, 4.69) is 26.3 Å². The molecule has 0 saturated heterocycles. The van der Waals surface area contributed by atoms with Crippen LogP contribution in [0, 0.1) is 33.6 Å². The Hall–Kier alpha value is -4.63. The Balaban J connectivity index is 1.59. The van der Waals surface area contributed by atoms with E-state index < -0.39 is 18.2 Å². The number of aromatic nitrogens is 2. The number of aliphatic hydroxyl groups is 1. The molecule has 2 aromatic heterocycles. The maximum atomic E-state index is 14.4. The summed E-state index contributed by atoms with van der Waals surface area (Å²) in [5.41, 5.74) is 2.70. The van der Waals surface area contributed by atoms with E-state index in [1.807, 2.05) is 13.8 Å². The molecule has 268 valence electrons. The van der Waals surface area contributed by atoms with Crippen molar-refractivity contribution < 1.29 is 38.0 Å². The van der Waals surface area contributed by atoms with E-state index in [0.29, 0.717) is 58.7 Å². The fourth-order valence-corrected chi connectivity index (χ4v) is 5.62. The smallest absolute Gasteiger partial charge is 0.323 e. The van der Waals surface area contributed by atoms with Crippen LogP contribution in [0.3, 0.4) is 0 Å². The third-order valence-corrected chi connectivity index (χ3v) is 8.65. The molecule has 15 nitrogen and oxygen atoms in total. The minimum absolute atomic E-state index is 0.212. The number of fused-ring (bicyclic) bond motifs is 1. The molecule has 0 saturated carbocycles. The number of hydrogen-bond acceptors (Lipinski definition) is 10. The average Bonchev–Trinajstić information content (AvgIpc) is 3.56. The molecule has 4 atom stereocenters. The Labute approximate surface area is 286 Å². The molecule has 0 spiro atoms. The largest absolute Gasteiger partial charge is 0.490 e. The first-order valence-corrected chi connectivity index (χ1v) is 16.6. The number of nitrogens with one attached hydrogen (secondary N) is 3. The highest BCUT2D eigenvalue weighted by Gasteiger charge is 2.31. The Kier molecular flexibility index (Phi) is 12.6. The van der Waals surface area contributed by atoms with Gasteiger partial charge in [0, 0.05) is 38.3 Å². The van der Waals surface area contributed by atoms with Gasteiger partial charge in [0.2, 0.25) is 0 Å². The van der Waals surface area contributed by atoms with Gasteiger partial charge in [-0.1, -0.05) is 17.2 Å². The maximum absolute atomic E-state index is 14.4. The lowest BCUT2D eigenvalue weighted by atomic mass is 10.0. The predicted octanol–water partition coefficient (Wildman–Crippen LogP) is 5.50. The van der Waals surface area contributed by atoms with Crippen LogP contribution in [0.2, 0.25) is 0 Å². The molecule has 0 bridgehead atoms. The minimum Gasteiger partial charge on any atom is -0.490 e. The fraction of sp³-hybridized carbons (Fsp3) is 0.559. The second kappa shape index (κ2) is 16.7. The summed E-state index contributed by atoms with van der Waals surface area (Å²) in [5, 5.41) is 26.4. The van der Waals surface area contributed by atoms with Gasteiger partial charge in [0.05, 0.1) is 30.4 Å². The van der Waals surface area contributed by atoms with Crippen molar-refractivity contribution in [2.75, 3.05) is 49.3 Å². The highest BCUT2D eigenvalue weighted by Crippen LogP contribution is 2.29. The molecule has 15 heteroatoms. The summed E-state index contributed by atoms with van der Waals surface area (Å²) in [6, 6.07) is 3.48. The van der Waals surface area contributed by atoms with Crippen LogP contribution in [0.1, 0.15) is 73.3 Å². The van der Waals surface area contributed by atoms with Gasteiger partial charge in [0.25, 0.3) is 5.91 Å². The number of urea groups is 2. The van der Waals surface area contributed by atoms with Crippen LogP contribution in [0.25, 0.3) is 0 Å². The average molecular weight is 684 g/mol. The molecule has 0 aliphatic carbocycles. The zero-order chi connectivity index (χ0) is 35.8. The lowest BCUT2D eigenvalue weighted by molar-refractivity contribution is -0.0115. The van der Waals surface area contributed by atoms with E-state index in [1.54, 1.807) is 64.8 Å². The van der Waals surface area contributed by atoms with Gasteiger partial charge in [0.1, 0.15) is 28.5 Å². The standard InChI is InChI=1S/C34H49N7O8/c1-19-16-41(20(2)18-42)32(43)27-15-26(35-33(44)36-30-22(4)38-48-24(30)6)12-13-28(27)47-21(3)11-9-10-14-46-29(19)17-40(8)34(45)37-31-23(5)39-49-25(31)7/h12-13,15,19-21,29,42H,9-11,14,16-18H2,1-8H3,(H,37,45)(H2,35,36,44)/t19-,20-,21-,29+/m0/s1. The topological polar surface area (TPSA) is 185 Å². The van der Waals surface area contributed by atoms with Gasteiger partial charge in [-0.2, -0.15) is 0 Å². The highest BCUT2D eigenvalue weighted by molar-refractivity contribution is 6.03. The van der Waals surface area contributed by atoms with E-state index in [-0.39, 0.29) is 49.2 Å². The fourth-order valence-electron chi connectivity index (χ4n) is 5.62. The minimum atomic E-state index is -0.561. The third-order valence-electron chi connectivity index (χ3n) is 8.65. The van der Waals surface area contributed by atoms with Crippen molar-refractivity contribution in [1.82, 2.24) is 20.1 Å². The van der Waals surface area contributed by atoms with Gasteiger partial charge in [-0.05, 0) is 79.0 Å². The summed E-state index contributed by atoms with van der Waals surface area (Å²) < 4.78 is 23.0. The lowest BCUT2D eigenvalue weighted by Gasteiger charge is -2.35. The van der Waals surface area contributed by atoms with Crippen molar-refractivity contribution in [1.29, 1.82) is 0 Å². The number of benzene rings is 1. The van der Waals surface area contributed by atoms with Crippen molar-refractivity contribution in [2.45, 2.75) is 86.0 Å². The van der Waals surface area contributed by atoms with Crippen molar-refractivity contribution in [3.05, 3.63) is 46.7 Å². The van der Waals surface area contributed by atoms with Gasteiger partial charge in [-0.3, -0.25) is 4.79 Å². The van der Waals surface area contributed by atoms with Gasteiger partial charge in [-0.25, -0.2) is 9.59 Å². The monoisotopic (exact) mass is 683 g/mol. The summed E-state index contributed by atoms with van der Waals surface area (Å²) in [5.74, 6) is 0.711. The molecule has 4 rings (SSSR count). The number of aryl methyl sites for hydroxylation is 4. The molecule has 49 heavy (non-hydrogen) atoms. The molecular formula is C34H49N7O8. The van der Waals surface area contributed by atoms with Gasteiger partial charge >= 0.3 is 12.1 Å². The molecule has 0 fully saturated rings. The Morgan fingerprint density at radius 3 is 2.29 bits per heavy atom. The number of amides is 5. The quantitative estimate of drug-likeness (QED) is 0.248. The number of nitrogens with zero attached hydrogens (tertiary/aromatic N) is 4. The summed E-state index contributed by atoms with van der Waals surface area (Å²) in [4.78, 5) is 43.6. The molecule has 4 N–H and O–H groups in total. The number of hydrogen-bond donors (Lipinski definition) is 4. The normalized spacial score (nSPS) is 19.7. The van der Waals surface area contributed by atoms with E-state index in [9.17, 15) is 19.5 Å². The van der Waals surface area contributed by atoms with Crippen molar-refractivity contribution in [2.24, 2.45) is 5.92 Å². The molecule has 1 aliphatic rings. The van der Waals surface area contributed by atoms with Gasteiger partial charge in [-0.15, -0.1) is 0 Å². The molecule has 0 radical (unpaired) electrons. The summed E-state index contributed by atoms with van der Waals surface area (Å²) in [7, 11) is 1.68. The van der Waals surface area contributed by atoms with Crippen LogP contribution in [0.15, 0.2) is 27.2 Å². The first-order valence-electron chi connectivity index (χ1n) is 16.6. The van der Waals surface area contributed by atoms with E-state index in [4.69, 9.17) is 18.5 Å². The zero-order valence-electron chi connectivity index (χ0n) is 29.6. The van der Waals surface area contributed by atoms with Gasteiger partial charge in [0.15, 0.2) is 11.5 Å². The van der Waals surface area contributed by atoms with Crippen LogP contribution in [-0.4, -0.2) is 94.8 Å². The molecule has 3 heterocycles. The number of ether oxygens (including phenoxy) is 2. The SMILES string of the molecule is Cc1noc(C)c1NC(=O)Nc1ccc2c(c1)C(=O)N([C@@H](C)CO)C[C@H](C)[C@@H](CN(C)C(=O)Nc1c(C)noc1C)OCCCC[C@H](C)O2. The molecule has 0 unspecified atom stereocenters. The van der Waals surface area contributed by atoms with Crippen LogP contribution in [0.4, 0.5) is 26.7 Å². The third kappa shape index (κ3) is 9.50. The van der Waals surface area contributed by atoms with Gasteiger partial charge < -0.3 is 49.4 Å². The Morgan fingerprint density at radius 2 is 1.67 bits per heavy atom. The number of anilines is 3. The number of likely N-dealkylation sites (N-methyl/N-ethyl adjacent to an activating group) is 1. The molecule has 3 aromatic rings. The van der Waals surface area contributed by atoms with E-state index >= 15 is 0 Å². The highest BCUT2D eigenvalue weighted by atomic mass is 16.5. The van der Waals surface area contributed by atoms with E-state index in [1.165, 1.54) is 4.90 Å². The molecule has 1 aliphatic heterocycles. The predicted molar refractivity (Wildman–Crippen MR) is 183 cm³/mol. The molecule has 1 aromatic carbocycles. The Morgan fingerprint density at radius 1 is 1.02 bits per heavy atom. The van der Waals surface area contributed by atoms with Crippen molar-refractivity contribution >= 4 is 35.0 Å². The first-order chi connectivity index (χ1) is 23.3. The molecule has 5 amide bonds. The maximum Gasteiger partial charge on any atom is 0.323 e. The van der Waals surface area contributed by atoms with Crippen LogP contribution < -0.4 is 20.7 Å². The van der Waals surface area contributed by atoms with Crippen LogP contribution >= 0.6 is 0 Å². The van der Waals surface area contributed by atoms with Crippen molar-refractivity contribution in [3.8, 4) is 5.75 Å². The number of aliphatic hydroxyl groups excluding tert-OH is 1. The van der Waals surface area contributed by atoms with Crippen LogP contribution in [-0.2, 0) is 4.74 Å². The van der Waals surface area contributed by atoms with Crippen molar-refractivity contribution in [3.63, 3.8) is 0 Å². The van der Waals surface area contributed by atoms with E-state index in [0.717, 1.165) is 12.8 Å². The number of rotatable bonds is 7. The number of carbonyl (C=O) groups is 3. The summed E-state index contributed by atoms with van der Waals surface area (Å²) in [6.45, 7) is 13.2. The lowest BCUT2D eigenvalue weighted by Crippen LogP contribution is -2.48. The Bertz CT molecular complexity index is 1570. The summed E-state index contributed by atoms with van der Waals surface area (Å²) in [6.07, 6.45) is 1.67. The molecular weight excluding hydrogens is 634 g/mol. The first kappa shape index (κ1) is 37.2. The zero-order valence-corrected chi connectivity index (χ0v) is 29.6. The summed E-state index contributed by atoms with van der Waals surface area (Å²) >= 11 is 0. The van der Waals surface area contributed by atoms with Crippen LogP contribution in [0.5, 0.6) is 5.75 Å². The second-order valence-corrected chi connectivity index (χ2v) is 12.8.